The summed E-state index contributed by atoms with van der Waals surface area (Å²) in [5, 5.41) is 3.33. The third-order valence-electron chi connectivity index (χ3n) is 7.72. The number of halogens is 1. The molecule has 0 bridgehead atoms. The number of benzene rings is 3. The fourth-order valence-corrected chi connectivity index (χ4v) is 7.00. The molecule has 224 valence electrons. The molecule has 0 saturated heterocycles. The van der Waals surface area contributed by atoms with Crippen LogP contribution < -0.4 is 14.4 Å². The number of carbonyl (C=O) groups excluding carboxylic acids is 2. The lowest BCUT2D eigenvalue weighted by atomic mass is 10.1. The van der Waals surface area contributed by atoms with E-state index in [2.05, 4.69) is 5.32 Å². The molecule has 1 saturated carbocycles. The van der Waals surface area contributed by atoms with Gasteiger partial charge in [-0.25, -0.2) is 8.42 Å². The first-order valence-corrected chi connectivity index (χ1v) is 16.0. The van der Waals surface area contributed by atoms with Crippen molar-refractivity contribution < 1.29 is 22.7 Å². The van der Waals surface area contributed by atoms with Crippen molar-refractivity contribution in [3.05, 3.63) is 88.9 Å². The molecule has 0 unspecified atom stereocenters. The molecular weight excluding hydrogens is 574 g/mol. The number of amides is 2. The number of nitrogens with one attached hydrogen (secondary N) is 1. The van der Waals surface area contributed by atoms with Gasteiger partial charge in [-0.1, -0.05) is 73.8 Å². The third-order valence-corrected chi connectivity index (χ3v) is 9.81. The average Bonchev–Trinajstić information content (AvgIpc) is 3.50. The number of carbonyl (C=O) groups is 2. The van der Waals surface area contributed by atoms with Crippen LogP contribution in [0.4, 0.5) is 5.69 Å². The van der Waals surface area contributed by atoms with E-state index in [-0.39, 0.29) is 34.1 Å². The van der Waals surface area contributed by atoms with Crippen molar-refractivity contribution in [1.82, 2.24) is 10.2 Å². The van der Waals surface area contributed by atoms with Gasteiger partial charge in [0.1, 0.15) is 18.3 Å². The van der Waals surface area contributed by atoms with Crippen LogP contribution in [-0.2, 0) is 26.2 Å². The van der Waals surface area contributed by atoms with E-state index in [1.165, 1.54) is 30.2 Å². The highest BCUT2D eigenvalue weighted by Crippen LogP contribution is 2.32. The summed E-state index contributed by atoms with van der Waals surface area (Å²) in [6, 6.07) is 19.5. The fourth-order valence-electron chi connectivity index (χ4n) is 5.32. The average molecular weight is 612 g/mol. The molecule has 42 heavy (non-hydrogen) atoms. The number of rotatable bonds is 12. The third kappa shape index (κ3) is 7.25. The van der Waals surface area contributed by atoms with E-state index in [9.17, 15) is 18.0 Å². The van der Waals surface area contributed by atoms with Gasteiger partial charge in [0.15, 0.2) is 0 Å². The van der Waals surface area contributed by atoms with E-state index in [1.807, 2.05) is 38.1 Å². The Balaban J connectivity index is 1.74. The minimum absolute atomic E-state index is 0.0289. The van der Waals surface area contributed by atoms with Crippen LogP contribution in [0.5, 0.6) is 5.75 Å². The largest absolute Gasteiger partial charge is 0.495 e. The van der Waals surface area contributed by atoms with Crippen molar-refractivity contribution in [2.24, 2.45) is 0 Å². The Bertz CT molecular complexity index is 1490. The monoisotopic (exact) mass is 611 g/mol. The molecule has 1 aliphatic carbocycles. The zero-order chi connectivity index (χ0) is 30.3. The Morgan fingerprint density at radius 3 is 2.31 bits per heavy atom. The van der Waals surface area contributed by atoms with Gasteiger partial charge in [0, 0.05) is 12.6 Å². The van der Waals surface area contributed by atoms with Crippen LogP contribution >= 0.6 is 11.6 Å². The van der Waals surface area contributed by atoms with Gasteiger partial charge in [-0.3, -0.25) is 13.9 Å². The second-order valence-electron chi connectivity index (χ2n) is 10.5. The smallest absolute Gasteiger partial charge is 0.264 e. The van der Waals surface area contributed by atoms with Crippen LogP contribution in [0.3, 0.4) is 0 Å². The normalized spacial score (nSPS) is 14.3. The highest BCUT2D eigenvalue weighted by atomic mass is 35.5. The molecule has 4 rings (SSSR count). The first-order valence-electron chi connectivity index (χ1n) is 14.2. The molecule has 1 fully saturated rings. The number of sulfonamides is 1. The Hall–Kier alpha value is -3.56. The fraction of sp³-hybridized carbons (Fsp3) is 0.375. The summed E-state index contributed by atoms with van der Waals surface area (Å²) in [4.78, 5) is 29.4. The molecule has 0 spiro atoms. The highest BCUT2D eigenvalue weighted by molar-refractivity contribution is 7.92. The number of methoxy groups -OCH3 is 1. The molecular formula is C32H38ClN3O5S. The maximum absolute atomic E-state index is 14.3. The molecule has 0 radical (unpaired) electrons. The lowest BCUT2D eigenvalue weighted by Crippen LogP contribution is -2.53. The van der Waals surface area contributed by atoms with Crippen molar-refractivity contribution in [3.8, 4) is 5.75 Å². The molecule has 1 aliphatic rings. The Kier molecular flexibility index (Phi) is 10.5. The lowest BCUT2D eigenvalue weighted by Gasteiger charge is -2.34. The van der Waals surface area contributed by atoms with Crippen LogP contribution in [0.2, 0.25) is 5.02 Å². The van der Waals surface area contributed by atoms with Gasteiger partial charge < -0.3 is 15.0 Å². The van der Waals surface area contributed by atoms with E-state index in [0.717, 1.165) is 41.1 Å². The molecule has 3 aromatic rings. The van der Waals surface area contributed by atoms with Gasteiger partial charge in [0.05, 0.1) is 22.7 Å². The van der Waals surface area contributed by atoms with Crippen molar-refractivity contribution in [2.45, 2.75) is 69.5 Å². The van der Waals surface area contributed by atoms with Crippen LogP contribution in [-0.4, -0.2) is 50.9 Å². The van der Waals surface area contributed by atoms with Gasteiger partial charge in [0.2, 0.25) is 11.8 Å². The molecule has 1 N–H and O–H groups in total. The summed E-state index contributed by atoms with van der Waals surface area (Å²) < 4.78 is 34.2. The number of hydrogen-bond acceptors (Lipinski definition) is 5. The minimum atomic E-state index is -4.19. The molecule has 8 nitrogen and oxygen atoms in total. The Morgan fingerprint density at radius 2 is 1.69 bits per heavy atom. The van der Waals surface area contributed by atoms with Crippen molar-refractivity contribution in [3.63, 3.8) is 0 Å². The van der Waals surface area contributed by atoms with E-state index < -0.39 is 28.5 Å². The molecule has 3 aromatic carbocycles. The predicted octanol–water partition coefficient (Wildman–Crippen LogP) is 5.72. The molecule has 0 aliphatic heterocycles. The van der Waals surface area contributed by atoms with Crippen LogP contribution in [0.1, 0.15) is 50.2 Å². The lowest BCUT2D eigenvalue weighted by molar-refractivity contribution is -0.140. The van der Waals surface area contributed by atoms with Crippen LogP contribution in [0.25, 0.3) is 0 Å². The number of aryl methyl sites for hydroxylation is 1. The topological polar surface area (TPSA) is 96.0 Å². The summed E-state index contributed by atoms with van der Waals surface area (Å²) in [6.07, 6.45) is 4.31. The van der Waals surface area contributed by atoms with E-state index in [4.69, 9.17) is 16.3 Å². The molecule has 10 heteroatoms. The molecule has 0 aromatic heterocycles. The summed E-state index contributed by atoms with van der Waals surface area (Å²) in [6.45, 7) is 3.44. The van der Waals surface area contributed by atoms with Gasteiger partial charge in [-0.05, 0) is 67.6 Å². The van der Waals surface area contributed by atoms with Gasteiger partial charge in [0.25, 0.3) is 10.0 Å². The number of anilines is 1. The van der Waals surface area contributed by atoms with Gasteiger partial charge >= 0.3 is 0 Å². The van der Waals surface area contributed by atoms with E-state index in [0.29, 0.717) is 12.2 Å². The molecule has 1 atom stereocenters. The van der Waals surface area contributed by atoms with Crippen LogP contribution in [0, 0.1) is 6.92 Å². The Labute approximate surface area is 253 Å². The van der Waals surface area contributed by atoms with Crippen molar-refractivity contribution >= 4 is 39.1 Å². The summed E-state index contributed by atoms with van der Waals surface area (Å²) in [5.74, 6) is -0.353. The Morgan fingerprint density at radius 1 is 1.02 bits per heavy atom. The molecule has 0 heterocycles. The summed E-state index contributed by atoms with van der Waals surface area (Å²) >= 11 is 6.39. The SMILES string of the molecule is CC[C@H](C(=O)NC1CCCC1)N(Cc1ccccc1C)C(=O)CN(c1ccc(OC)c(Cl)c1)S(=O)(=O)c1ccccc1. The maximum Gasteiger partial charge on any atom is 0.264 e. The summed E-state index contributed by atoms with van der Waals surface area (Å²) in [7, 11) is -2.72. The predicted molar refractivity (Wildman–Crippen MR) is 165 cm³/mol. The van der Waals surface area contributed by atoms with Crippen molar-refractivity contribution in [1.29, 1.82) is 0 Å². The zero-order valence-electron chi connectivity index (χ0n) is 24.3. The van der Waals surface area contributed by atoms with Gasteiger partial charge in [-0.15, -0.1) is 0 Å². The molecule has 2 amide bonds. The number of ether oxygens (including phenoxy) is 1. The minimum Gasteiger partial charge on any atom is -0.495 e. The first-order chi connectivity index (χ1) is 20.1. The number of hydrogen-bond donors (Lipinski definition) is 1. The first kappa shape index (κ1) is 31.4. The quantitative estimate of drug-likeness (QED) is 0.283. The van der Waals surface area contributed by atoms with E-state index >= 15 is 0 Å². The second-order valence-corrected chi connectivity index (χ2v) is 12.8. The number of nitrogens with zero attached hydrogens (tertiary/aromatic N) is 2. The summed E-state index contributed by atoms with van der Waals surface area (Å²) in [5.41, 5.74) is 2.05. The zero-order valence-corrected chi connectivity index (χ0v) is 25.8. The van der Waals surface area contributed by atoms with Crippen LogP contribution in [0.15, 0.2) is 77.7 Å². The maximum atomic E-state index is 14.3. The second kappa shape index (κ2) is 14.1. The van der Waals surface area contributed by atoms with Crippen molar-refractivity contribution in [2.75, 3.05) is 18.0 Å². The standard InChI is InChI=1S/C32H38ClN3O5S/c1-4-29(32(38)34-25-14-10-11-15-25)35(21-24-13-9-8-12-23(24)2)31(37)22-36(26-18-19-30(41-3)28(33)20-26)42(39,40)27-16-6-5-7-17-27/h5-9,12-13,16-20,25,29H,4,10-11,14-15,21-22H2,1-3H3,(H,34,38)/t29-/m1/s1. The van der Waals surface area contributed by atoms with E-state index in [1.54, 1.807) is 30.3 Å². The van der Waals surface area contributed by atoms with Gasteiger partial charge in [-0.2, -0.15) is 0 Å². The highest BCUT2D eigenvalue weighted by Gasteiger charge is 2.35.